The van der Waals surface area contributed by atoms with Gasteiger partial charge in [0.1, 0.15) is 5.69 Å². The smallest absolute Gasteiger partial charge is 0.332 e. The Hall–Kier alpha value is -1.47. The number of hydrogen-bond acceptors (Lipinski definition) is 6. The Kier molecular flexibility index (Phi) is 4.49. The third-order valence-corrected chi connectivity index (χ3v) is 3.25. The molecule has 7 nitrogen and oxygen atoms in total. The van der Waals surface area contributed by atoms with E-state index >= 15 is 0 Å². The number of aryl methyl sites for hydroxylation is 1. The van der Waals surface area contributed by atoms with Gasteiger partial charge in [0.15, 0.2) is 0 Å². The van der Waals surface area contributed by atoms with Gasteiger partial charge in [-0.3, -0.25) is 10.1 Å². The predicted octanol–water partition coefficient (Wildman–Crippen LogP) is 2.19. The monoisotopic (exact) mass is 286 g/mol. The highest BCUT2D eigenvalue weighted by atomic mass is 35.5. The Balaban J connectivity index is 2.03. The molecular formula is C11H15ClN4O3. The summed E-state index contributed by atoms with van der Waals surface area (Å²) < 4.78 is 5.28. The fourth-order valence-electron chi connectivity index (χ4n) is 2.08. The molecule has 1 N–H and O–H groups in total. The van der Waals surface area contributed by atoms with Crippen LogP contribution in [0.2, 0.25) is 5.28 Å². The lowest BCUT2D eigenvalue weighted by Crippen LogP contribution is -2.12. The van der Waals surface area contributed by atoms with Crippen molar-refractivity contribution >= 4 is 23.1 Å². The maximum atomic E-state index is 11.0. The first-order chi connectivity index (χ1) is 9.08. The van der Waals surface area contributed by atoms with E-state index in [4.69, 9.17) is 16.3 Å². The molecule has 2 rings (SSSR count). The molecule has 1 atom stereocenters. The van der Waals surface area contributed by atoms with Crippen molar-refractivity contribution < 1.29 is 9.66 Å². The number of anilines is 1. The zero-order valence-electron chi connectivity index (χ0n) is 10.6. The normalized spacial score (nSPS) is 18.5. The van der Waals surface area contributed by atoms with E-state index in [1.54, 1.807) is 6.92 Å². The summed E-state index contributed by atoms with van der Waals surface area (Å²) in [6.45, 7) is 3.69. The van der Waals surface area contributed by atoms with E-state index in [1.807, 2.05) is 0 Å². The van der Waals surface area contributed by atoms with E-state index in [2.05, 4.69) is 15.3 Å². The SMILES string of the molecule is Cc1nc(Cl)nc(NCCC2CCOC2)c1[N+](=O)[O-]. The van der Waals surface area contributed by atoms with Gasteiger partial charge in [0.2, 0.25) is 11.1 Å². The molecule has 1 aliphatic heterocycles. The number of hydrogen-bond donors (Lipinski definition) is 1. The van der Waals surface area contributed by atoms with Crippen molar-refractivity contribution in [3.63, 3.8) is 0 Å². The minimum atomic E-state index is -0.493. The first kappa shape index (κ1) is 14.0. The van der Waals surface area contributed by atoms with Crippen LogP contribution in [0.3, 0.4) is 0 Å². The summed E-state index contributed by atoms with van der Waals surface area (Å²) in [5.41, 5.74) is 0.142. The van der Waals surface area contributed by atoms with Crippen molar-refractivity contribution in [1.29, 1.82) is 0 Å². The molecule has 2 heterocycles. The van der Waals surface area contributed by atoms with Crippen molar-refractivity contribution in [3.8, 4) is 0 Å². The van der Waals surface area contributed by atoms with Crippen molar-refractivity contribution in [2.24, 2.45) is 5.92 Å². The van der Waals surface area contributed by atoms with Crippen LogP contribution >= 0.6 is 11.6 Å². The van der Waals surface area contributed by atoms with Gasteiger partial charge in [-0.1, -0.05) is 0 Å². The van der Waals surface area contributed by atoms with Crippen LogP contribution in [-0.4, -0.2) is 34.6 Å². The number of nitrogens with one attached hydrogen (secondary N) is 1. The van der Waals surface area contributed by atoms with Crippen LogP contribution in [0, 0.1) is 23.0 Å². The number of rotatable bonds is 5. The number of ether oxygens (including phenoxy) is 1. The van der Waals surface area contributed by atoms with Gasteiger partial charge in [0, 0.05) is 19.8 Å². The van der Waals surface area contributed by atoms with Crippen LogP contribution in [-0.2, 0) is 4.74 Å². The molecule has 8 heteroatoms. The predicted molar refractivity (Wildman–Crippen MR) is 70.5 cm³/mol. The molecule has 1 aromatic rings. The van der Waals surface area contributed by atoms with E-state index < -0.39 is 4.92 Å². The zero-order chi connectivity index (χ0) is 13.8. The van der Waals surface area contributed by atoms with Crippen LogP contribution < -0.4 is 5.32 Å². The van der Waals surface area contributed by atoms with Gasteiger partial charge in [-0.2, -0.15) is 4.98 Å². The molecule has 0 amide bonds. The molecule has 1 aliphatic rings. The fourth-order valence-corrected chi connectivity index (χ4v) is 2.29. The zero-order valence-corrected chi connectivity index (χ0v) is 11.3. The fraction of sp³-hybridized carbons (Fsp3) is 0.636. The Morgan fingerprint density at radius 3 is 3.00 bits per heavy atom. The lowest BCUT2D eigenvalue weighted by atomic mass is 10.1. The van der Waals surface area contributed by atoms with Gasteiger partial charge in [-0.15, -0.1) is 0 Å². The second-order valence-corrected chi connectivity index (χ2v) is 4.82. The third-order valence-electron chi connectivity index (χ3n) is 3.08. The van der Waals surface area contributed by atoms with Crippen molar-refractivity contribution in [3.05, 3.63) is 21.1 Å². The van der Waals surface area contributed by atoms with Crippen LogP contribution in [0.4, 0.5) is 11.5 Å². The molecule has 19 heavy (non-hydrogen) atoms. The quantitative estimate of drug-likeness (QED) is 0.507. The summed E-state index contributed by atoms with van der Waals surface area (Å²) in [5, 5.41) is 14.0. The van der Waals surface area contributed by atoms with Crippen LogP contribution in [0.25, 0.3) is 0 Å². The molecule has 0 spiro atoms. The van der Waals surface area contributed by atoms with Crippen molar-refractivity contribution in [1.82, 2.24) is 9.97 Å². The Labute approximate surface area is 115 Å². The van der Waals surface area contributed by atoms with Crippen LogP contribution in [0.1, 0.15) is 18.5 Å². The summed E-state index contributed by atoms with van der Waals surface area (Å²) in [7, 11) is 0. The minimum absolute atomic E-state index is 0.00907. The van der Waals surface area contributed by atoms with Gasteiger partial charge in [0.25, 0.3) is 0 Å². The molecule has 0 radical (unpaired) electrons. The molecule has 1 aromatic heterocycles. The topological polar surface area (TPSA) is 90.2 Å². The Bertz CT molecular complexity index is 477. The largest absolute Gasteiger partial charge is 0.381 e. The van der Waals surface area contributed by atoms with Crippen molar-refractivity contribution in [2.45, 2.75) is 19.8 Å². The van der Waals surface area contributed by atoms with E-state index in [0.29, 0.717) is 12.5 Å². The molecule has 0 aromatic carbocycles. The van der Waals surface area contributed by atoms with Gasteiger partial charge < -0.3 is 10.1 Å². The Morgan fingerprint density at radius 1 is 1.58 bits per heavy atom. The summed E-state index contributed by atoms with van der Waals surface area (Å²) in [6, 6.07) is 0. The van der Waals surface area contributed by atoms with E-state index in [1.165, 1.54) is 0 Å². The average Bonchev–Trinajstić information content (AvgIpc) is 2.80. The molecule has 1 fully saturated rings. The molecule has 104 valence electrons. The van der Waals surface area contributed by atoms with Gasteiger partial charge in [0.05, 0.1) is 4.92 Å². The van der Waals surface area contributed by atoms with E-state index in [9.17, 15) is 10.1 Å². The minimum Gasteiger partial charge on any atom is -0.381 e. The number of nitrogens with zero attached hydrogens (tertiary/aromatic N) is 3. The molecule has 1 saturated heterocycles. The second kappa shape index (κ2) is 6.12. The number of nitro groups is 1. The molecule has 0 bridgehead atoms. The van der Waals surface area contributed by atoms with Crippen molar-refractivity contribution in [2.75, 3.05) is 25.1 Å². The summed E-state index contributed by atoms with van der Waals surface area (Å²) in [6.07, 6.45) is 1.92. The first-order valence-electron chi connectivity index (χ1n) is 6.08. The number of aromatic nitrogens is 2. The average molecular weight is 287 g/mol. The Morgan fingerprint density at radius 2 is 2.37 bits per heavy atom. The molecule has 1 unspecified atom stereocenters. The summed E-state index contributed by atoms with van der Waals surface area (Å²) >= 11 is 5.73. The highest BCUT2D eigenvalue weighted by Gasteiger charge is 2.22. The lowest BCUT2D eigenvalue weighted by molar-refractivity contribution is -0.385. The highest BCUT2D eigenvalue weighted by molar-refractivity contribution is 6.28. The highest BCUT2D eigenvalue weighted by Crippen LogP contribution is 2.26. The summed E-state index contributed by atoms with van der Waals surface area (Å²) in [4.78, 5) is 18.2. The third kappa shape index (κ3) is 3.51. The maximum Gasteiger partial charge on any atom is 0.332 e. The molecule has 0 saturated carbocycles. The lowest BCUT2D eigenvalue weighted by Gasteiger charge is -2.10. The van der Waals surface area contributed by atoms with Gasteiger partial charge >= 0.3 is 5.69 Å². The molecular weight excluding hydrogens is 272 g/mol. The second-order valence-electron chi connectivity index (χ2n) is 4.48. The van der Waals surface area contributed by atoms with E-state index in [-0.39, 0.29) is 22.5 Å². The van der Waals surface area contributed by atoms with Crippen LogP contribution in [0.5, 0.6) is 0 Å². The van der Waals surface area contributed by atoms with E-state index in [0.717, 1.165) is 26.1 Å². The van der Waals surface area contributed by atoms with Crippen LogP contribution in [0.15, 0.2) is 0 Å². The standard InChI is InChI=1S/C11H15ClN4O3/c1-7-9(16(17)18)10(15-11(12)14-7)13-4-2-8-3-5-19-6-8/h8H,2-6H2,1H3,(H,13,14,15). The van der Waals surface area contributed by atoms with Gasteiger partial charge in [-0.05, 0) is 37.3 Å². The first-order valence-corrected chi connectivity index (χ1v) is 6.46. The summed E-state index contributed by atoms with van der Waals surface area (Å²) in [5.74, 6) is 0.686. The maximum absolute atomic E-state index is 11.0. The molecule has 0 aliphatic carbocycles. The number of halogens is 1. The van der Waals surface area contributed by atoms with Gasteiger partial charge in [-0.25, -0.2) is 4.98 Å².